The second-order valence-electron chi connectivity index (χ2n) is 3.57. The number of rotatable bonds is 7. The largest absolute Gasteiger partial charge is 0.481 e. The van der Waals surface area contributed by atoms with E-state index >= 15 is 0 Å². The second-order valence-corrected chi connectivity index (χ2v) is 3.57. The van der Waals surface area contributed by atoms with Crippen LogP contribution in [0, 0.1) is 5.82 Å². The lowest BCUT2D eigenvalue weighted by Crippen LogP contribution is -2.30. The van der Waals surface area contributed by atoms with E-state index in [0.29, 0.717) is 6.42 Å². The molecule has 0 radical (unpaired) electrons. The summed E-state index contributed by atoms with van der Waals surface area (Å²) in [7, 11) is 0. The first-order chi connectivity index (χ1) is 8.59. The van der Waals surface area contributed by atoms with Crippen molar-refractivity contribution in [2.45, 2.75) is 12.8 Å². The Morgan fingerprint density at radius 1 is 1.33 bits per heavy atom. The van der Waals surface area contributed by atoms with Crippen LogP contribution < -0.4 is 10.1 Å². The van der Waals surface area contributed by atoms with Crippen LogP contribution in [0.15, 0.2) is 24.3 Å². The Morgan fingerprint density at radius 2 is 2.06 bits per heavy atom. The van der Waals surface area contributed by atoms with Crippen molar-refractivity contribution in [2.24, 2.45) is 0 Å². The van der Waals surface area contributed by atoms with Gasteiger partial charge in [0.1, 0.15) is 0 Å². The second kappa shape index (κ2) is 7.26. The first kappa shape index (κ1) is 14.0. The zero-order valence-electron chi connectivity index (χ0n) is 9.69. The molecular formula is C12H14FNO4. The van der Waals surface area contributed by atoms with Gasteiger partial charge >= 0.3 is 5.97 Å². The number of ether oxygens (including phenoxy) is 1. The molecule has 0 atom stereocenters. The fourth-order valence-electron chi connectivity index (χ4n) is 1.22. The van der Waals surface area contributed by atoms with E-state index in [2.05, 4.69) is 5.32 Å². The molecule has 0 heterocycles. The summed E-state index contributed by atoms with van der Waals surface area (Å²) in [6, 6.07) is 5.78. The lowest BCUT2D eigenvalue weighted by Gasteiger charge is -2.07. The summed E-state index contributed by atoms with van der Waals surface area (Å²) in [5, 5.41) is 10.9. The summed E-state index contributed by atoms with van der Waals surface area (Å²) in [6.45, 7) is -0.0419. The standard InChI is InChI=1S/C12H14FNO4/c13-9-4-1-2-5-10(9)18-8-11(15)14-7-3-6-12(16)17/h1-2,4-5H,3,6-8H2,(H,14,15)(H,16,17). The monoisotopic (exact) mass is 255 g/mol. The molecule has 2 N–H and O–H groups in total. The molecule has 0 spiro atoms. The van der Waals surface area contributed by atoms with Gasteiger partial charge in [-0.1, -0.05) is 12.1 Å². The van der Waals surface area contributed by atoms with E-state index in [1.165, 1.54) is 18.2 Å². The number of hydrogen-bond donors (Lipinski definition) is 2. The number of halogens is 1. The highest BCUT2D eigenvalue weighted by molar-refractivity contribution is 5.77. The fourth-order valence-corrected chi connectivity index (χ4v) is 1.22. The van der Waals surface area contributed by atoms with E-state index in [1.807, 2.05) is 0 Å². The molecule has 0 bridgehead atoms. The molecule has 1 aromatic rings. The van der Waals surface area contributed by atoms with Crippen LogP contribution in [0.25, 0.3) is 0 Å². The summed E-state index contributed by atoms with van der Waals surface area (Å²) in [6.07, 6.45) is 0.342. The molecule has 18 heavy (non-hydrogen) atoms. The summed E-state index contributed by atoms with van der Waals surface area (Å²) in [5.74, 6) is -1.84. The molecule has 0 saturated heterocycles. The third kappa shape index (κ3) is 5.29. The topological polar surface area (TPSA) is 75.6 Å². The van der Waals surface area contributed by atoms with Crippen LogP contribution in [0.1, 0.15) is 12.8 Å². The molecule has 98 valence electrons. The van der Waals surface area contributed by atoms with Gasteiger partial charge in [0.25, 0.3) is 5.91 Å². The van der Waals surface area contributed by atoms with Crippen molar-refractivity contribution >= 4 is 11.9 Å². The highest BCUT2D eigenvalue weighted by Crippen LogP contribution is 2.14. The van der Waals surface area contributed by atoms with Crippen molar-refractivity contribution in [1.29, 1.82) is 0 Å². The zero-order valence-corrected chi connectivity index (χ0v) is 9.69. The van der Waals surface area contributed by atoms with E-state index in [-0.39, 0.29) is 25.3 Å². The third-order valence-corrected chi connectivity index (χ3v) is 2.09. The number of carbonyl (C=O) groups is 2. The molecule has 0 aliphatic carbocycles. The molecule has 0 unspecified atom stereocenters. The number of benzene rings is 1. The average Bonchev–Trinajstić information content (AvgIpc) is 2.33. The number of carboxylic acid groups (broad SMARTS) is 1. The summed E-state index contributed by atoms with van der Waals surface area (Å²) in [5.41, 5.74) is 0. The molecule has 0 aromatic heterocycles. The maximum atomic E-state index is 13.1. The zero-order chi connectivity index (χ0) is 13.4. The van der Waals surface area contributed by atoms with E-state index < -0.39 is 17.7 Å². The van der Waals surface area contributed by atoms with Crippen LogP contribution in [0.2, 0.25) is 0 Å². The lowest BCUT2D eigenvalue weighted by molar-refractivity contribution is -0.137. The van der Waals surface area contributed by atoms with Crippen LogP contribution in [0.5, 0.6) is 5.75 Å². The number of nitrogens with one attached hydrogen (secondary N) is 1. The molecule has 0 aliphatic rings. The smallest absolute Gasteiger partial charge is 0.303 e. The fraction of sp³-hybridized carbons (Fsp3) is 0.333. The number of aliphatic carboxylic acids is 1. The van der Waals surface area contributed by atoms with Crippen LogP contribution in [-0.4, -0.2) is 30.1 Å². The molecule has 0 saturated carbocycles. The van der Waals surface area contributed by atoms with Crippen molar-refractivity contribution in [1.82, 2.24) is 5.32 Å². The maximum Gasteiger partial charge on any atom is 0.303 e. The highest BCUT2D eigenvalue weighted by atomic mass is 19.1. The number of hydrogen-bond acceptors (Lipinski definition) is 3. The summed E-state index contributed by atoms with van der Waals surface area (Å²) >= 11 is 0. The molecule has 1 amide bonds. The summed E-state index contributed by atoms with van der Waals surface area (Å²) in [4.78, 5) is 21.5. The molecule has 1 rings (SSSR count). The van der Waals surface area contributed by atoms with Gasteiger partial charge in [0.05, 0.1) is 0 Å². The van der Waals surface area contributed by atoms with Crippen LogP contribution in [0.3, 0.4) is 0 Å². The number of para-hydroxylation sites is 1. The van der Waals surface area contributed by atoms with Crippen molar-refractivity contribution in [3.8, 4) is 5.75 Å². The number of amides is 1. The van der Waals surface area contributed by atoms with Crippen molar-refractivity contribution < 1.29 is 23.8 Å². The Balaban J connectivity index is 2.21. The average molecular weight is 255 g/mol. The molecular weight excluding hydrogens is 241 g/mol. The van der Waals surface area contributed by atoms with Gasteiger partial charge < -0.3 is 15.2 Å². The summed E-state index contributed by atoms with van der Waals surface area (Å²) < 4.78 is 18.1. The quantitative estimate of drug-likeness (QED) is 0.717. The first-order valence-corrected chi connectivity index (χ1v) is 5.45. The van der Waals surface area contributed by atoms with Crippen molar-refractivity contribution in [3.05, 3.63) is 30.1 Å². The van der Waals surface area contributed by atoms with Gasteiger partial charge in [0, 0.05) is 13.0 Å². The third-order valence-electron chi connectivity index (χ3n) is 2.09. The first-order valence-electron chi connectivity index (χ1n) is 5.45. The Labute approximate surface area is 104 Å². The van der Waals surface area contributed by atoms with Gasteiger partial charge in [-0.2, -0.15) is 0 Å². The Bertz CT molecular complexity index is 422. The van der Waals surface area contributed by atoms with Gasteiger partial charge in [-0.25, -0.2) is 4.39 Å². The van der Waals surface area contributed by atoms with Crippen LogP contribution >= 0.6 is 0 Å². The van der Waals surface area contributed by atoms with E-state index in [4.69, 9.17) is 9.84 Å². The number of carboxylic acids is 1. The minimum absolute atomic E-state index is 0.00551. The van der Waals surface area contributed by atoms with Gasteiger partial charge in [0.2, 0.25) is 0 Å². The van der Waals surface area contributed by atoms with E-state index in [1.54, 1.807) is 6.07 Å². The van der Waals surface area contributed by atoms with E-state index in [0.717, 1.165) is 0 Å². The van der Waals surface area contributed by atoms with Gasteiger partial charge in [0.15, 0.2) is 18.2 Å². The van der Waals surface area contributed by atoms with Crippen LogP contribution in [-0.2, 0) is 9.59 Å². The maximum absolute atomic E-state index is 13.1. The Morgan fingerprint density at radius 3 is 2.72 bits per heavy atom. The molecule has 0 fully saturated rings. The lowest BCUT2D eigenvalue weighted by atomic mass is 10.3. The highest BCUT2D eigenvalue weighted by Gasteiger charge is 2.05. The number of carbonyl (C=O) groups excluding carboxylic acids is 1. The molecule has 5 nitrogen and oxygen atoms in total. The van der Waals surface area contributed by atoms with Gasteiger partial charge in [-0.05, 0) is 18.6 Å². The normalized spacial score (nSPS) is 9.83. The van der Waals surface area contributed by atoms with Crippen LogP contribution in [0.4, 0.5) is 4.39 Å². The Kier molecular flexibility index (Phi) is 5.63. The van der Waals surface area contributed by atoms with Crippen molar-refractivity contribution in [2.75, 3.05) is 13.2 Å². The van der Waals surface area contributed by atoms with E-state index in [9.17, 15) is 14.0 Å². The minimum atomic E-state index is -0.910. The van der Waals surface area contributed by atoms with Gasteiger partial charge in [-0.3, -0.25) is 9.59 Å². The SMILES string of the molecule is O=C(O)CCCNC(=O)COc1ccccc1F. The van der Waals surface area contributed by atoms with Gasteiger partial charge in [-0.15, -0.1) is 0 Å². The molecule has 6 heteroatoms. The Hall–Kier alpha value is -2.11. The van der Waals surface area contributed by atoms with Crippen molar-refractivity contribution in [3.63, 3.8) is 0 Å². The predicted molar refractivity (Wildman–Crippen MR) is 61.8 cm³/mol. The molecule has 0 aliphatic heterocycles. The molecule has 1 aromatic carbocycles. The minimum Gasteiger partial charge on any atom is -0.481 e. The predicted octanol–water partition coefficient (Wildman–Crippen LogP) is 1.19.